The van der Waals surface area contributed by atoms with E-state index in [1.54, 1.807) is 6.08 Å². The molecule has 0 bridgehead atoms. The zero-order chi connectivity index (χ0) is 18.5. The Balaban J connectivity index is 1.64. The molecule has 0 atom stereocenters. The molecule has 5 nitrogen and oxygen atoms in total. The molecule has 1 aliphatic carbocycles. The van der Waals surface area contributed by atoms with E-state index >= 15 is 4.39 Å². The van der Waals surface area contributed by atoms with Crippen LogP contribution in [0, 0.1) is 0 Å². The molecule has 7 heteroatoms. The van der Waals surface area contributed by atoms with Gasteiger partial charge in [-0.2, -0.15) is 5.10 Å². The molecule has 2 aliphatic heterocycles. The molecule has 142 valence electrons. The number of hydrogen-bond acceptors (Lipinski definition) is 4. The van der Waals surface area contributed by atoms with Crippen molar-refractivity contribution < 1.29 is 18.4 Å². The molecule has 1 saturated carbocycles. The Bertz CT molecular complexity index is 690. The first-order valence-corrected chi connectivity index (χ1v) is 9.67. The third kappa shape index (κ3) is 3.25. The molecule has 0 unspecified atom stereocenters. The standard InChI is InChI=1S/C19H28BFN2O3/c1-18(2)19(3,4)26-20(25-18)15(21)11-14-16(12-5-6-12)22-23-17(14)13-7-9-24-10-8-13/h11-13H,5-10H2,1-4H3,(H,22,23). The fourth-order valence-corrected chi connectivity index (χ4v) is 3.66. The first-order valence-electron chi connectivity index (χ1n) is 9.67. The molecule has 3 aliphatic rings. The lowest BCUT2D eigenvalue weighted by Gasteiger charge is -2.32. The van der Waals surface area contributed by atoms with E-state index < -0.39 is 18.3 Å². The number of rotatable bonds is 4. The first-order chi connectivity index (χ1) is 12.3. The van der Waals surface area contributed by atoms with Crippen molar-refractivity contribution in [3.8, 4) is 0 Å². The molecule has 1 aromatic heterocycles. The molecular weight excluding hydrogens is 334 g/mol. The van der Waals surface area contributed by atoms with Crippen LogP contribution in [0.3, 0.4) is 0 Å². The summed E-state index contributed by atoms with van der Waals surface area (Å²) in [5.41, 5.74) is 1.41. The summed E-state index contributed by atoms with van der Waals surface area (Å²) in [6.45, 7) is 9.21. The predicted molar refractivity (Wildman–Crippen MR) is 98.5 cm³/mol. The highest BCUT2D eigenvalue weighted by Crippen LogP contribution is 2.44. The van der Waals surface area contributed by atoms with Crippen LogP contribution < -0.4 is 0 Å². The van der Waals surface area contributed by atoms with Gasteiger partial charge in [0.15, 0.2) is 0 Å². The monoisotopic (exact) mass is 362 g/mol. The number of halogens is 1. The number of H-pyrrole nitrogens is 1. The Hall–Kier alpha value is -1.18. The zero-order valence-electron chi connectivity index (χ0n) is 16.1. The molecule has 3 heterocycles. The topological polar surface area (TPSA) is 56.4 Å². The molecule has 2 saturated heterocycles. The minimum atomic E-state index is -0.968. The Morgan fingerprint density at radius 1 is 1.08 bits per heavy atom. The van der Waals surface area contributed by atoms with E-state index in [2.05, 4.69) is 10.2 Å². The summed E-state index contributed by atoms with van der Waals surface area (Å²) in [5, 5.41) is 7.73. The van der Waals surface area contributed by atoms with Gasteiger partial charge in [0.2, 0.25) is 0 Å². The number of hydrogen-bond donors (Lipinski definition) is 1. The summed E-state index contributed by atoms with van der Waals surface area (Å²) in [6.07, 6.45) is 5.70. The molecule has 0 radical (unpaired) electrons. The lowest BCUT2D eigenvalue weighted by atomic mass is 9.85. The molecule has 26 heavy (non-hydrogen) atoms. The van der Waals surface area contributed by atoms with Gasteiger partial charge >= 0.3 is 7.12 Å². The van der Waals surface area contributed by atoms with Gasteiger partial charge in [-0.05, 0) is 59.5 Å². The Morgan fingerprint density at radius 3 is 2.27 bits per heavy atom. The molecule has 0 amide bonds. The fourth-order valence-electron chi connectivity index (χ4n) is 3.66. The molecule has 4 rings (SSSR count). The summed E-state index contributed by atoms with van der Waals surface area (Å²) in [6, 6.07) is 0. The van der Waals surface area contributed by atoms with Crippen LogP contribution in [0.15, 0.2) is 5.73 Å². The van der Waals surface area contributed by atoms with Crippen molar-refractivity contribution in [1.29, 1.82) is 0 Å². The Labute approximate surface area is 154 Å². The van der Waals surface area contributed by atoms with Crippen LogP contribution in [0.1, 0.15) is 82.2 Å². The van der Waals surface area contributed by atoms with E-state index in [-0.39, 0.29) is 5.73 Å². The van der Waals surface area contributed by atoms with Gasteiger partial charge in [0.1, 0.15) is 5.73 Å². The average Bonchev–Trinajstić information content (AvgIpc) is 3.30. The SMILES string of the molecule is CC1(C)OB(C(F)=Cc2c(C3CC3)n[nH]c2C2CCOCC2)OC1(C)C. The fraction of sp³-hybridized carbons (Fsp3) is 0.737. The van der Waals surface area contributed by atoms with E-state index in [1.807, 2.05) is 27.7 Å². The third-order valence-electron chi connectivity index (χ3n) is 6.22. The van der Waals surface area contributed by atoms with Gasteiger partial charge in [-0.25, -0.2) is 4.39 Å². The van der Waals surface area contributed by atoms with Gasteiger partial charge in [-0.1, -0.05) is 0 Å². The lowest BCUT2D eigenvalue weighted by Crippen LogP contribution is -2.41. The van der Waals surface area contributed by atoms with E-state index in [1.165, 1.54) is 0 Å². The Kier molecular flexibility index (Phi) is 4.52. The molecule has 0 aromatic carbocycles. The largest absolute Gasteiger partial charge is 0.525 e. The smallest absolute Gasteiger partial charge is 0.398 e. The van der Waals surface area contributed by atoms with Crippen molar-refractivity contribution in [2.24, 2.45) is 0 Å². The lowest BCUT2D eigenvalue weighted by molar-refractivity contribution is 0.00578. The van der Waals surface area contributed by atoms with Gasteiger partial charge < -0.3 is 14.0 Å². The van der Waals surface area contributed by atoms with Crippen molar-refractivity contribution in [1.82, 2.24) is 10.2 Å². The number of aromatic amines is 1. The molecular formula is C19H28BFN2O3. The van der Waals surface area contributed by atoms with E-state index in [0.29, 0.717) is 11.8 Å². The van der Waals surface area contributed by atoms with Crippen LogP contribution in [-0.4, -0.2) is 41.7 Å². The highest BCUT2D eigenvalue weighted by molar-refractivity contribution is 6.54. The van der Waals surface area contributed by atoms with E-state index in [4.69, 9.17) is 14.0 Å². The minimum Gasteiger partial charge on any atom is -0.398 e. The average molecular weight is 362 g/mol. The maximum Gasteiger partial charge on any atom is 0.525 e. The Morgan fingerprint density at radius 2 is 1.69 bits per heavy atom. The zero-order valence-corrected chi connectivity index (χ0v) is 16.1. The van der Waals surface area contributed by atoms with Crippen LogP contribution in [0.2, 0.25) is 0 Å². The molecule has 3 fully saturated rings. The van der Waals surface area contributed by atoms with E-state index in [0.717, 1.165) is 55.8 Å². The normalized spacial score (nSPS) is 26.5. The maximum absolute atomic E-state index is 15.1. The van der Waals surface area contributed by atoms with Crippen molar-refractivity contribution in [3.63, 3.8) is 0 Å². The van der Waals surface area contributed by atoms with Gasteiger partial charge in [0, 0.05) is 36.3 Å². The minimum absolute atomic E-state index is 0.334. The highest BCUT2D eigenvalue weighted by Gasteiger charge is 2.53. The molecule has 1 N–H and O–H groups in total. The van der Waals surface area contributed by atoms with Crippen LogP contribution >= 0.6 is 0 Å². The van der Waals surface area contributed by atoms with Crippen LogP contribution in [-0.2, 0) is 14.0 Å². The van der Waals surface area contributed by atoms with Crippen molar-refractivity contribution in [2.75, 3.05) is 13.2 Å². The number of nitrogens with one attached hydrogen (secondary N) is 1. The summed E-state index contributed by atoms with van der Waals surface area (Å²) in [5.74, 6) is 0.776. The summed E-state index contributed by atoms with van der Waals surface area (Å²) < 4.78 is 32.3. The van der Waals surface area contributed by atoms with Crippen LogP contribution in [0.25, 0.3) is 6.08 Å². The third-order valence-corrected chi connectivity index (χ3v) is 6.22. The van der Waals surface area contributed by atoms with Crippen molar-refractivity contribution >= 4 is 13.2 Å². The van der Waals surface area contributed by atoms with Crippen molar-refractivity contribution in [2.45, 2.75) is 76.4 Å². The van der Waals surface area contributed by atoms with Crippen LogP contribution in [0.5, 0.6) is 0 Å². The second-order valence-corrected chi connectivity index (χ2v) is 8.71. The first kappa shape index (κ1) is 18.2. The van der Waals surface area contributed by atoms with E-state index in [9.17, 15) is 0 Å². The predicted octanol–water partition coefficient (Wildman–Crippen LogP) is 4.12. The van der Waals surface area contributed by atoms with Gasteiger partial charge in [-0.15, -0.1) is 0 Å². The van der Waals surface area contributed by atoms with Gasteiger partial charge in [-0.3, -0.25) is 5.10 Å². The highest BCUT2D eigenvalue weighted by atomic mass is 19.1. The molecule has 0 spiro atoms. The second kappa shape index (κ2) is 6.46. The number of nitrogens with zero attached hydrogens (tertiary/aromatic N) is 1. The second-order valence-electron chi connectivity index (χ2n) is 8.71. The summed E-state index contributed by atoms with van der Waals surface area (Å²) in [7, 11) is -0.968. The summed E-state index contributed by atoms with van der Waals surface area (Å²) >= 11 is 0. The van der Waals surface area contributed by atoms with Crippen molar-refractivity contribution in [3.05, 3.63) is 22.7 Å². The summed E-state index contributed by atoms with van der Waals surface area (Å²) in [4.78, 5) is 0. The van der Waals surface area contributed by atoms with Gasteiger partial charge in [0.25, 0.3) is 0 Å². The van der Waals surface area contributed by atoms with Crippen LogP contribution in [0.4, 0.5) is 4.39 Å². The maximum atomic E-state index is 15.1. The molecule has 1 aromatic rings. The van der Waals surface area contributed by atoms with Gasteiger partial charge in [0.05, 0.1) is 16.9 Å². The number of ether oxygens (including phenoxy) is 1. The number of aromatic nitrogens is 2. The quantitative estimate of drug-likeness (QED) is 0.819.